The molecule has 2 aromatic carbocycles. The monoisotopic (exact) mass is 667 g/mol. The molecule has 0 atom stereocenters. The highest BCUT2D eigenvalue weighted by molar-refractivity contribution is 9.10. The van der Waals surface area contributed by atoms with Crippen LogP contribution in [0.4, 0.5) is 28.8 Å². The number of aryl methyl sites for hydroxylation is 2. The maximum Gasteiger partial charge on any atom is 0.274 e. The normalized spacial score (nSPS) is 13.8. The van der Waals surface area contributed by atoms with Crippen molar-refractivity contribution in [1.29, 1.82) is 0 Å². The van der Waals surface area contributed by atoms with Gasteiger partial charge in [0.15, 0.2) is 0 Å². The number of aromatic nitrogens is 4. The van der Waals surface area contributed by atoms with Crippen molar-refractivity contribution in [2.75, 3.05) is 48.6 Å². The standard InChI is InChI=1S/C31H39BrN7O3P/c1-6-20-16-25(27(42-8-3)17-26(20)38-14-10-9-11-15-38)36-31-33-19-23(32)29(37-31)35-24-13-12-21-22(28(24)43(4,5)41)18-34-39(7-2)30(21)40/h12-13,16-19H,6-11,14-15H2,1-5H3,(H2,33,35,36,37). The van der Waals surface area contributed by atoms with E-state index in [-0.39, 0.29) is 5.56 Å². The molecule has 0 amide bonds. The molecule has 1 aliphatic rings. The first-order chi connectivity index (χ1) is 20.6. The zero-order valence-electron chi connectivity index (χ0n) is 25.4. The summed E-state index contributed by atoms with van der Waals surface area (Å²) in [6, 6.07) is 7.79. The average Bonchev–Trinajstić information content (AvgIpc) is 2.99. The van der Waals surface area contributed by atoms with Gasteiger partial charge in [-0.1, -0.05) is 6.92 Å². The Hall–Kier alpha value is -3.43. The number of ether oxygens (including phenoxy) is 1. The summed E-state index contributed by atoms with van der Waals surface area (Å²) in [5.41, 5.74) is 3.64. The van der Waals surface area contributed by atoms with Gasteiger partial charge in [-0.05, 0) is 92.6 Å². The largest absolute Gasteiger partial charge is 0.492 e. The molecule has 12 heteroatoms. The van der Waals surface area contributed by atoms with Gasteiger partial charge >= 0.3 is 0 Å². The Morgan fingerprint density at radius 3 is 2.44 bits per heavy atom. The van der Waals surface area contributed by atoms with Gasteiger partial charge in [-0.15, -0.1) is 0 Å². The molecule has 0 spiro atoms. The van der Waals surface area contributed by atoms with Crippen molar-refractivity contribution in [3.8, 4) is 5.75 Å². The SMILES string of the molecule is CCOc1cc(N2CCCCC2)c(CC)cc1Nc1ncc(Br)c(Nc2ccc3c(=O)n(CC)ncc3c2P(C)(C)=O)n1. The summed E-state index contributed by atoms with van der Waals surface area (Å²) in [6.45, 7) is 12.5. The van der Waals surface area contributed by atoms with Gasteiger partial charge in [-0.3, -0.25) is 4.79 Å². The molecule has 2 N–H and O–H groups in total. The van der Waals surface area contributed by atoms with Gasteiger partial charge in [0.25, 0.3) is 5.56 Å². The van der Waals surface area contributed by atoms with E-state index in [2.05, 4.69) is 60.6 Å². The molecule has 0 radical (unpaired) electrons. The van der Waals surface area contributed by atoms with E-state index in [1.54, 1.807) is 37.9 Å². The van der Waals surface area contributed by atoms with Gasteiger partial charge in [0.2, 0.25) is 5.95 Å². The molecule has 1 aliphatic heterocycles. The van der Waals surface area contributed by atoms with Crippen LogP contribution in [-0.2, 0) is 17.5 Å². The number of rotatable bonds is 10. The first-order valence-corrected chi connectivity index (χ1v) is 18.2. The second kappa shape index (κ2) is 13.1. The second-order valence-corrected chi connectivity index (χ2v) is 15.0. The molecule has 228 valence electrons. The maximum absolute atomic E-state index is 13.6. The summed E-state index contributed by atoms with van der Waals surface area (Å²) in [6.07, 6.45) is 7.85. The molecule has 2 aromatic heterocycles. The van der Waals surface area contributed by atoms with Crippen LogP contribution in [0, 0.1) is 0 Å². The molecule has 1 fully saturated rings. The van der Waals surface area contributed by atoms with Crippen molar-refractivity contribution in [1.82, 2.24) is 19.7 Å². The smallest absolute Gasteiger partial charge is 0.274 e. The lowest BCUT2D eigenvalue weighted by Crippen LogP contribution is -2.30. The van der Waals surface area contributed by atoms with Gasteiger partial charge in [0.1, 0.15) is 18.7 Å². The van der Waals surface area contributed by atoms with E-state index < -0.39 is 7.14 Å². The molecular weight excluding hydrogens is 629 g/mol. The molecule has 0 unspecified atom stereocenters. The predicted octanol–water partition coefficient (Wildman–Crippen LogP) is 6.66. The van der Waals surface area contributed by atoms with Crippen molar-refractivity contribution in [2.24, 2.45) is 0 Å². The first kappa shape index (κ1) is 31.0. The fourth-order valence-corrected chi connectivity index (χ4v) is 7.37. The van der Waals surface area contributed by atoms with E-state index >= 15 is 0 Å². The molecule has 10 nitrogen and oxygen atoms in total. The summed E-state index contributed by atoms with van der Waals surface area (Å²) >= 11 is 3.56. The molecule has 4 aromatic rings. The third-order valence-electron chi connectivity index (χ3n) is 7.65. The van der Waals surface area contributed by atoms with Crippen molar-refractivity contribution in [3.05, 3.63) is 57.0 Å². The number of piperidine rings is 1. The number of nitrogens with one attached hydrogen (secondary N) is 2. The van der Waals surface area contributed by atoms with E-state index in [0.717, 1.165) is 30.9 Å². The highest BCUT2D eigenvalue weighted by Gasteiger charge is 2.23. The number of hydrogen-bond acceptors (Lipinski definition) is 9. The van der Waals surface area contributed by atoms with Gasteiger partial charge in [-0.25, -0.2) is 9.67 Å². The first-order valence-electron chi connectivity index (χ1n) is 14.8. The summed E-state index contributed by atoms with van der Waals surface area (Å²) in [5, 5.41) is 12.6. The second-order valence-electron chi connectivity index (χ2n) is 11.0. The van der Waals surface area contributed by atoms with Gasteiger partial charge in [0.05, 0.1) is 34.0 Å². The molecule has 0 aliphatic carbocycles. The van der Waals surface area contributed by atoms with Crippen LogP contribution < -0.4 is 31.1 Å². The zero-order valence-corrected chi connectivity index (χ0v) is 27.9. The van der Waals surface area contributed by atoms with Crippen LogP contribution in [0.3, 0.4) is 0 Å². The van der Waals surface area contributed by atoms with Crippen LogP contribution in [0.5, 0.6) is 5.75 Å². The molecule has 43 heavy (non-hydrogen) atoms. The minimum absolute atomic E-state index is 0.209. The van der Waals surface area contributed by atoms with Crippen LogP contribution in [0.15, 0.2) is 45.9 Å². The van der Waals surface area contributed by atoms with Crippen LogP contribution in [0.1, 0.15) is 45.6 Å². The van der Waals surface area contributed by atoms with E-state index in [9.17, 15) is 9.36 Å². The Kier molecular flexibility index (Phi) is 9.42. The third-order valence-corrected chi connectivity index (χ3v) is 9.79. The summed E-state index contributed by atoms with van der Waals surface area (Å²) in [5.74, 6) is 1.62. The number of fused-ring (bicyclic) bond motifs is 1. The van der Waals surface area contributed by atoms with Crippen molar-refractivity contribution in [3.63, 3.8) is 0 Å². The molecular formula is C31H39BrN7O3P. The summed E-state index contributed by atoms with van der Waals surface area (Å²) in [4.78, 5) is 24.7. The fraction of sp³-hybridized carbons (Fsp3) is 0.419. The van der Waals surface area contributed by atoms with Gasteiger partial charge in [0, 0.05) is 48.3 Å². The van der Waals surface area contributed by atoms with Crippen molar-refractivity contribution in [2.45, 2.75) is 53.0 Å². The maximum atomic E-state index is 13.6. The minimum Gasteiger partial charge on any atom is -0.492 e. The van der Waals surface area contributed by atoms with E-state index in [1.165, 1.54) is 35.2 Å². The quantitative estimate of drug-likeness (QED) is 0.179. The van der Waals surface area contributed by atoms with E-state index in [4.69, 9.17) is 9.72 Å². The molecule has 1 saturated heterocycles. The van der Waals surface area contributed by atoms with Crippen LogP contribution >= 0.6 is 23.1 Å². The van der Waals surface area contributed by atoms with Gasteiger partial charge in [-0.2, -0.15) is 10.1 Å². The molecule has 0 saturated carbocycles. The lowest BCUT2D eigenvalue weighted by atomic mass is 10.0. The zero-order chi connectivity index (χ0) is 30.7. The van der Waals surface area contributed by atoms with Crippen molar-refractivity contribution < 1.29 is 9.30 Å². The Labute approximate surface area is 260 Å². The van der Waals surface area contributed by atoms with Crippen LogP contribution in [0.2, 0.25) is 0 Å². The average molecular weight is 669 g/mol. The summed E-state index contributed by atoms with van der Waals surface area (Å²) in [7, 11) is -2.85. The van der Waals surface area contributed by atoms with E-state index in [1.807, 2.05) is 13.8 Å². The Morgan fingerprint density at radius 1 is 1.00 bits per heavy atom. The number of halogens is 1. The molecule has 5 rings (SSSR count). The predicted molar refractivity (Wildman–Crippen MR) is 180 cm³/mol. The third kappa shape index (κ3) is 6.58. The summed E-state index contributed by atoms with van der Waals surface area (Å²) < 4.78 is 21.7. The number of anilines is 5. The van der Waals surface area contributed by atoms with Crippen molar-refractivity contribution >= 4 is 68.0 Å². The number of nitrogens with zero attached hydrogens (tertiary/aromatic N) is 5. The van der Waals surface area contributed by atoms with Crippen LogP contribution in [0.25, 0.3) is 10.8 Å². The molecule has 0 bridgehead atoms. The lowest BCUT2D eigenvalue weighted by Gasteiger charge is -2.31. The number of benzene rings is 2. The number of hydrogen-bond donors (Lipinski definition) is 2. The lowest BCUT2D eigenvalue weighted by molar-refractivity contribution is 0.342. The Bertz CT molecular complexity index is 1750. The molecule has 3 heterocycles. The highest BCUT2D eigenvalue weighted by Crippen LogP contribution is 2.42. The van der Waals surface area contributed by atoms with Gasteiger partial charge < -0.3 is 24.8 Å². The Balaban J connectivity index is 1.52. The topological polar surface area (TPSA) is 114 Å². The Morgan fingerprint density at radius 2 is 1.77 bits per heavy atom. The minimum atomic E-state index is -2.85. The van der Waals surface area contributed by atoms with E-state index in [0.29, 0.717) is 51.2 Å². The fourth-order valence-electron chi connectivity index (χ4n) is 5.61. The van der Waals surface area contributed by atoms with Crippen LogP contribution in [-0.4, -0.2) is 52.8 Å². The highest BCUT2D eigenvalue weighted by atomic mass is 79.9.